The van der Waals surface area contributed by atoms with Crippen LogP contribution in [0.5, 0.6) is 0 Å². The lowest BCUT2D eigenvalue weighted by molar-refractivity contribution is -0.122. The van der Waals surface area contributed by atoms with Gasteiger partial charge >= 0.3 is 5.97 Å². The summed E-state index contributed by atoms with van der Waals surface area (Å²) in [5, 5.41) is 10.0. The van der Waals surface area contributed by atoms with E-state index in [9.17, 15) is 19.2 Å². The number of carbonyl (C=O) groups is 4. The van der Waals surface area contributed by atoms with Gasteiger partial charge in [-0.25, -0.2) is 9.78 Å². The molecule has 10 heteroatoms. The summed E-state index contributed by atoms with van der Waals surface area (Å²) in [6.45, 7) is 2.02. The third-order valence-corrected chi connectivity index (χ3v) is 4.92. The van der Waals surface area contributed by atoms with E-state index in [1.165, 1.54) is 11.3 Å². The van der Waals surface area contributed by atoms with E-state index in [1.54, 1.807) is 36.6 Å². The molecule has 3 rings (SSSR count). The van der Waals surface area contributed by atoms with E-state index in [1.807, 2.05) is 0 Å². The molecule has 3 N–H and O–H groups in total. The smallest absolute Gasteiger partial charge is 0.338 e. The summed E-state index contributed by atoms with van der Waals surface area (Å²) in [4.78, 5) is 51.3. The van der Waals surface area contributed by atoms with Crippen LogP contribution in [0.2, 0.25) is 0 Å². The Morgan fingerprint density at radius 1 is 1.24 bits per heavy atom. The second kappa shape index (κ2) is 9.28. The number of esters is 1. The SMILES string of the molecule is CCOC(=O)c1ccc(NC(=O)Cc2csc(NC(=O)C3CCC(=O)N3)n2)cc1. The Morgan fingerprint density at radius 2 is 2.00 bits per heavy atom. The number of nitrogens with zero attached hydrogens (tertiary/aromatic N) is 1. The molecule has 1 aromatic heterocycles. The van der Waals surface area contributed by atoms with Crippen LogP contribution in [0.4, 0.5) is 10.8 Å². The Balaban J connectivity index is 1.50. The Hall–Kier alpha value is -3.27. The summed E-state index contributed by atoms with van der Waals surface area (Å²) in [5.74, 6) is -1.15. The normalized spacial score (nSPS) is 15.5. The lowest BCUT2D eigenvalue weighted by Gasteiger charge is -2.08. The van der Waals surface area contributed by atoms with Crippen molar-refractivity contribution in [2.24, 2.45) is 0 Å². The van der Waals surface area contributed by atoms with Crippen LogP contribution in [0.25, 0.3) is 0 Å². The highest BCUT2D eigenvalue weighted by atomic mass is 32.1. The maximum atomic E-state index is 12.2. The molecule has 1 aliphatic rings. The number of carbonyl (C=O) groups excluding carboxylic acids is 4. The highest BCUT2D eigenvalue weighted by Gasteiger charge is 2.27. The predicted octanol–water partition coefficient (Wildman–Crippen LogP) is 1.72. The van der Waals surface area contributed by atoms with Crippen LogP contribution in [0.1, 0.15) is 35.8 Å². The second-order valence-corrected chi connectivity index (χ2v) is 7.17. The average molecular weight is 416 g/mol. The van der Waals surface area contributed by atoms with Crippen molar-refractivity contribution >= 4 is 45.8 Å². The number of aromatic nitrogens is 1. The third kappa shape index (κ3) is 5.61. The summed E-state index contributed by atoms with van der Waals surface area (Å²) < 4.78 is 4.91. The van der Waals surface area contributed by atoms with Crippen molar-refractivity contribution in [3.05, 3.63) is 40.9 Å². The maximum absolute atomic E-state index is 12.2. The van der Waals surface area contributed by atoms with Gasteiger partial charge in [-0.2, -0.15) is 0 Å². The molecule has 2 heterocycles. The van der Waals surface area contributed by atoms with Crippen LogP contribution in [0, 0.1) is 0 Å². The molecule has 1 aliphatic heterocycles. The van der Waals surface area contributed by atoms with E-state index >= 15 is 0 Å². The van der Waals surface area contributed by atoms with E-state index in [-0.39, 0.29) is 24.1 Å². The molecule has 152 valence electrons. The van der Waals surface area contributed by atoms with Crippen molar-refractivity contribution in [2.45, 2.75) is 32.2 Å². The van der Waals surface area contributed by atoms with Gasteiger partial charge < -0.3 is 20.7 Å². The van der Waals surface area contributed by atoms with E-state index in [4.69, 9.17) is 4.74 Å². The van der Waals surface area contributed by atoms with E-state index in [2.05, 4.69) is 20.9 Å². The van der Waals surface area contributed by atoms with Crippen LogP contribution in [0.3, 0.4) is 0 Å². The van der Waals surface area contributed by atoms with Crippen LogP contribution >= 0.6 is 11.3 Å². The Bertz CT molecular complexity index is 925. The minimum atomic E-state index is -0.546. The summed E-state index contributed by atoms with van der Waals surface area (Å²) in [5.41, 5.74) is 1.47. The van der Waals surface area contributed by atoms with Gasteiger partial charge in [-0.15, -0.1) is 11.3 Å². The van der Waals surface area contributed by atoms with Crippen LogP contribution in [0.15, 0.2) is 29.6 Å². The molecule has 0 saturated carbocycles. The van der Waals surface area contributed by atoms with Gasteiger partial charge in [-0.1, -0.05) is 0 Å². The van der Waals surface area contributed by atoms with Gasteiger partial charge in [0.25, 0.3) is 0 Å². The molecule has 0 spiro atoms. The molecule has 1 unspecified atom stereocenters. The topological polar surface area (TPSA) is 126 Å². The third-order valence-electron chi connectivity index (χ3n) is 4.12. The fourth-order valence-corrected chi connectivity index (χ4v) is 3.44. The molecular weight excluding hydrogens is 396 g/mol. The zero-order chi connectivity index (χ0) is 20.8. The van der Waals surface area contributed by atoms with Gasteiger partial charge in [0.1, 0.15) is 6.04 Å². The average Bonchev–Trinajstić information content (AvgIpc) is 3.31. The molecule has 1 fully saturated rings. The zero-order valence-corrected chi connectivity index (χ0v) is 16.5. The number of amides is 3. The van der Waals surface area contributed by atoms with Crippen molar-refractivity contribution in [1.29, 1.82) is 0 Å². The van der Waals surface area contributed by atoms with E-state index < -0.39 is 12.0 Å². The molecule has 29 heavy (non-hydrogen) atoms. The number of benzene rings is 1. The van der Waals surface area contributed by atoms with Gasteiger partial charge in [-0.05, 0) is 37.6 Å². The van der Waals surface area contributed by atoms with Gasteiger partial charge in [0.05, 0.1) is 24.3 Å². The number of ether oxygens (including phenoxy) is 1. The van der Waals surface area contributed by atoms with Crippen LogP contribution in [-0.2, 0) is 25.5 Å². The molecule has 1 saturated heterocycles. The first-order chi connectivity index (χ1) is 13.9. The van der Waals surface area contributed by atoms with Gasteiger partial charge in [0.2, 0.25) is 17.7 Å². The van der Waals surface area contributed by atoms with E-state index in [0.29, 0.717) is 41.5 Å². The second-order valence-electron chi connectivity index (χ2n) is 6.31. The lowest BCUT2D eigenvalue weighted by atomic mass is 10.2. The number of anilines is 2. The standard InChI is InChI=1S/C19H20N4O5S/c1-2-28-18(27)11-3-5-12(6-4-11)20-16(25)9-13-10-29-19(21-13)23-17(26)14-7-8-15(24)22-14/h3-6,10,14H,2,7-9H2,1H3,(H,20,25)(H,22,24)(H,21,23,26). The molecule has 3 amide bonds. The molecule has 0 radical (unpaired) electrons. The summed E-state index contributed by atoms with van der Waals surface area (Å²) in [6.07, 6.45) is 0.828. The van der Waals surface area contributed by atoms with Crippen molar-refractivity contribution < 1.29 is 23.9 Å². The zero-order valence-electron chi connectivity index (χ0n) is 15.7. The number of hydrogen-bond donors (Lipinski definition) is 3. The number of rotatable bonds is 7. The first-order valence-corrected chi connectivity index (χ1v) is 9.94. The lowest BCUT2D eigenvalue weighted by Crippen LogP contribution is -2.37. The Labute approximate surface area is 170 Å². The van der Waals surface area contributed by atoms with Crippen LogP contribution in [-0.4, -0.2) is 41.3 Å². The maximum Gasteiger partial charge on any atom is 0.338 e. The molecule has 0 bridgehead atoms. The number of nitrogens with one attached hydrogen (secondary N) is 3. The highest BCUT2D eigenvalue weighted by molar-refractivity contribution is 7.13. The molecule has 1 atom stereocenters. The minimum absolute atomic E-state index is 0.0339. The van der Waals surface area contributed by atoms with Crippen molar-refractivity contribution in [3.8, 4) is 0 Å². The first-order valence-electron chi connectivity index (χ1n) is 9.06. The van der Waals surface area contributed by atoms with Crippen molar-refractivity contribution in [3.63, 3.8) is 0 Å². The van der Waals surface area contributed by atoms with Crippen molar-refractivity contribution in [2.75, 3.05) is 17.2 Å². The van der Waals surface area contributed by atoms with Crippen molar-refractivity contribution in [1.82, 2.24) is 10.3 Å². The Morgan fingerprint density at radius 3 is 2.66 bits per heavy atom. The quantitative estimate of drug-likeness (QED) is 0.590. The van der Waals surface area contributed by atoms with Gasteiger partial charge in [0, 0.05) is 17.5 Å². The van der Waals surface area contributed by atoms with Crippen LogP contribution < -0.4 is 16.0 Å². The largest absolute Gasteiger partial charge is 0.462 e. The molecule has 0 aliphatic carbocycles. The Kier molecular flexibility index (Phi) is 6.55. The van der Waals surface area contributed by atoms with Gasteiger partial charge in [0.15, 0.2) is 5.13 Å². The first kappa shape index (κ1) is 20.5. The highest BCUT2D eigenvalue weighted by Crippen LogP contribution is 2.18. The fourth-order valence-electron chi connectivity index (χ4n) is 2.72. The number of thiazole rings is 1. The fraction of sp³-hybridized carbons (Fsp3) is 0.316. The molecule has 9 nitrogen and oxygen atoms in total. The molecule has 1 aromatic carbocycles. The number of hydrogen-bond acceptors (Lipinski definition) is 7. The summed E-state index contributed by atoms with van der Waals surface area (Å²) >= 11 is 1.21. The van der Waals surface area contributed by atoms with E-state index in [0.717, 1.165) is 0 Å². The monoisotopic (exact) mass is 416 g/mol. The molecular formula is C19H20N4O5S. The predicted molar refractivity (Wildman–Crippen MR) is 107 cm³/mol. The summed E-state index contributed by atoms with van der Waals surface area (Å²) in [7, 11) is 0. The summed E-state index contributed by atoms with van der Waals surface area (Å²) in [6, 6.07) is 5.84. The van der Waals surface area contributed by atoms with Gasteiger partial charge in [-0.3, -0.25) is 14.4 Å². The molecule has 2 aromatic rings. The minimum Gasteiger partial charge on any atom is -0.462 e.